The van der Waals surface area contributed by atoms with Crippen LogP contribution in [0.1, 0.15) is 19.8 Å². The van der Waals surface area contributed by atoms with E-state index in [1.165, 1.54) is 4.31 Å². The normalized spacial score (nSPS) is 23.2. The van der Waals surface area contributed by atoms with Crippen LogP contribution in [0.3, 0.4) is 0 Å². The minimum atomic E-state index is -3.51. The van der Waals surface area contributed by atoms with Crippen molar-refractivity contribution in [2.24, 2.45) is 11.7 Å². The molecule has 1 aromatic carbocycles. The molecule has 4 nitrogen and oxygen atoms in total. The van der Waals surface area contributed by atoms with Gasteiger partial charge in [0.05, 0.1) is 5.02 Å². The Bertz CT molecular complexity index is 545. The van der Waals surface area contributed by atoms with Gasteiger partial charge in [0.2, 0.25) is 10.0 Å². The Hall–Kier alpha value is -0.620. The van der Waals surface area contributed by atoms with Crippen LogP contribution in [0.5, 0.6) is 0 Å². The molecule has 0 radical (unpaired) electrons. The van der Waals surface area contributed by atoms with E-state index in [2.05, 4.69) is 0 Å². The first-order chi connectivity index (χ1) is 8.93. The van der Waals surface area contributed by atoms with Crippen molar-refractivity contribution in [3.05, 3.63) is 29.3 Å². The maximum atomic E-state index is 12.6. The average Bonchev–Trinajstić information content (AvgIpc) is 2.39. The summed E-state index contributed by atoms with van der Waals surface area (Å²) in [6.07, 6.45) is 1.82. The van der Waals surface area contributed by atoms with E-state index in [4.69, 9.17) is 17.3 Å². The molecule has 106 valence electrons. The summed E-state index contributed by atoms with van der Waals surface area (Å²) in [5.74, 6) is 0.214. The first kappa shape index (κ1) is 14.8. The molecular weight excluding hydrogens is 284 g/mol. The van der Waals surface area contributed by atoms with Gasteiger partial charge in [0.15, 0.2) is 0 Å². The lowest BCUT2D eigenvalue weighted by Crippen LogP contribution is -2.45. The van der Waals surface area contributed by atoms with Crippen molar-refractivity contribution in [2.75, 3.05) is 13.1 Å². The summed E-state index contributed by atoms with van der Waals surface area (Å²) in [6, 6.07) is 6.56. The average molecular weight is 303 g/mol. The Kier molecular flexibility index (Phi) is 4.50. The summed E-state index contributed by atoms with van der Waals surface area (Å²) in [7, 11) is -3.51. The van der Waals surface area contributed by atoms with Gasteiger partial charge in [-0.3, -0.25) is 0 Å². The summed E-state index contributed by atoms with van der Waals surface area (Å²) in [6.45, 7) is 2.94. The van der Waals surface area contributed by atoms with Crippen LogP contribution < -0.4 is 5.73 Å². The zero-order chi connectivity index (χ0) is 14.0. The highest BCUT2D eigenvalue weighted by Crippen LogP contribution is 2.28. The van der Waals surface area contributed by atoms with Crippen LogP contribution in [-0.4, -0.2) is 31.9 Å². The van der Waals surface area contributed by atoms with Gasteiger partial charge >= 0.3 is 0 Å². The fourth-order valence-electron chi connectivity index (χ4n) is 2.41. The smallest absolute Gasteiger partial charge is 0.244 e. The number of benzene rings is 1. The largest absolute Gasteiger partial charge is 0.328 e. The molecule has 1 aliphatic rings. The maximum absolute atomic E-state index is 12.6. The molecule has 2 rings (SSSR count). The first-order valence-electron chi connectivity index (χ1n) is 6.43. The quantitative estimate of drug-likeness (QED) is 0.930. The van der Waals surface area contributed by atoms with E-state index in [0.717, 1.165) is 12.8 Å². The molecule has 19 heavy (non-hydrogen) atoms. The molecule has 0 saturated carbocycles. The highest BCUT2D eigenvalue weighted by molar-refractivity contribution is 7.89. The first-order valence-corrected chi connectivity index (χ1v) is 8.25. The Morgan fingerprint density at radius 1 is 1.42 bits per heavy atom. The molecule has 0 amide bonds. The van der Waals surface area contributed by atoms with Gasteiger partial charge in [-0.05, 0) is 37.8 Å². The van der Waals surface area contributed by atoms with Crippen LogP contribution in [0.15, 0.2) is 29.2 Å². The molecule has 0 aromatic heterocycles. The minimum Gasteiger partial charge on any atom is -0.328 e. The zero-order valence-corrected chi connectivity index (χ0v) is 12.5. The van der Waals surface area contributed by atoms with Crippen molar-refractivity contribution in [1.29, 1.82) is 0 Å². The molecular formula is C13H19ClN2O2S. The van der Waals surface area contributed by atoms with Gasteiger partial charge in [-0.2, -0.15) is 4.31 Å². The molecule has 0 aliphatic carbocycles. The van der Waals surface area contributed by atoms with Crippen molar-refractivity contribution in [1.82, 2.24) is 4.31 Å². The second-order valence-electron chi connectivity index (χ2n) is 5.05. The number of nitrogens with zero attached hydrogens (tertiary/aromatic N) is 1. The Balaban J connectivity index is 2.28. The van der Waals surface area contributed by atoms with E-state index in [9.17, 15) is 8.42 Å². The molecule has 2 unspecified atom stereocenters. The number of sulfonamides is 1. The van der Waals surface area contributed by atoms with Crippen molar-refractivity contribution in [3.8, 4) is 0 Å². The van der Waals surface area contributed by atoms with Crippen LogP contribution in [0, 0.1) is 5.92 Å². The fourth-order valence-corrected chi connectivity index (χ4v) is 4.44. The topological polar surface area (TPSA) is 63.4 Å². The molecule has 6 heteroatoms. The predicted molar refractivity (Wildman–Crippen MR) is 76.6 cm³/mol. The van der Waals surface area contributed by atoms with Crippen LogP contribution in [0.4, 0.5) is 0 Å². The van der Waals surface area contributed by atoms with Crippen molar-refractivity contribution >= 4 is 21.6 Å². The molecule has 2 N–H and O–H groups in total. The van der Waals surface area contributed by atoms with Gasteiger partial charge in [-0.25, -0.2) is 8.42 Å². The lowest BCUT2D eigenvalue weighted by molar-refractivity contribution is 0.243. The van der Waals surface area contributed by atoms with Gasteiger partial charge < -0.3 is 5.73 Å². The summed E-state index contributed by atoms with van der Waals surface area (Å²) >= 11 is 6.00. The molecule has 1 aliphatic heterocycles. The van der Waals surface area contributed by atoms with Crippen molar-refractivity contribution in [3.63, 3.8) is 0 Å². The molecule has 1 heterocycles. The number of halogens is 1. The van der Waals surface area contributed by atoms with Gasteiger partial charge in [0, 0.05) is 19.1 Å². The summed E-state index contributed by atoms with van der Waals surface area (Å²) in [5, 5.41) is 0.269. The third kappa shape index (κ3) is 3.11. The highest BCUT2D eigenvalue weighted by Gasteiger charge is 2.32. The molecule has 0 bridgehead atoms. The number of hydrogen-bond donors (Lipinski definition) is 1. The van der Waals surface area contributed by atoms with Crippen LogP contribution in [-0.2, 0) is 10.0 Å². The predicted octanol–water partition coefficient (Wildman–Crippen LogP) is 2.09. The Morgan fingerprint density at radius 3 is 2.74 bits per heavy atom. The number of hydrogen-bond acceptors (Lipinski definition) is 3. The van der Waals surface area contributed by atoms with Crippen molar-refractivity contribution in [2.45, 2.75) is 30.7 Å². The minimum absolute atomic E-state index is 0.00393. The number of piperidine rings is 1. The van der Waals surface area contributed by atoms with Crippen LogP contribution in [0.25, 0.3) is 0 Å². The van der Waals surface area contributed by atoms with Crippen LogP contribution in [0.2, 0.25) is 5.02 Å². The van der Waals surface area contributed by atoms with E-state index in [1.54, 1.807) is 24.3 Å². The highest BCUT2D eigenvalue weighted by atomic mass is 35.5. The second kappa shape index (κ2) is 5.79. The Morgan fingerprint density at radius 2 is 2.11 bits per heavy atom. The van der Waals surface area contributed by atoms with Crippen molar-refractivity contribution < 1.29 is 8.42 Å². The fraction of sp³-hybridized carbons (Fsp3) is 0.538. The van der Waals surface area contributed by atoms with E-state index in [1.807, 2.05) is 6.92 Å². The lowest BCUT2D eigenvalue weighted by atomic mass is 9.93. The van der Waals surface area contributed by atoms with E-state index in [-0.39, 0.29) is 21.9 Å². The third-order valence-corrected chi connectivity index (χ3v) is 5.98. The van der Waals surface area contributed by atoms with Gasteiger partial charge in [-0.1, -0.05) is 23.7 Å². The molecule has 1 aromatic rings. The van der Waals surface area contributed by atoms with E-state index >= 15 is 0 Å². The number of rotatable bonds is 3. The Labute approximate surface area is 119 Å². The molecule has 1 fully saturated rings. The maximum Gasteiger partial charge on any atom is 0.244 e. The summed E-state index contributed by atoms with van der Waals surface area (Å²) in [5.41, 5.74) is 5.89. The lowest BCUT2D eigenvalue weighted by Gasteiger charge is -2.33. The number of nitrogens with two attached hydrogens (primary N) is 1. The van der Waals surface area contributed by atoms with Gasteiger partial charge in [-0.15, -0.1) is 0 Å². The second-order valence-corrected chi connectivity index (χ2v) is 7.37. The SMILES string of the molecule is CC(N)C1CCCN(S(=O)(=O)c2ccccc2Cl)C1. The van der Waals surface area contributed by atoms with E-state index < -0.39 is 10.0 Å². The molecule has 1 saturated heterocycles. The third-order valence-electron chi connectivity index (χ3n) is 3.62. The van der Waals surface area contributed by atoms with Gasteiger partial charge in [0.1, 0.15) is 4.90 Å². The summed E-state index contributed by atoms with van der Waals surface area (Å²) in [4.78, 5) is 0.182. The van der Waals surface area contributed by atoms with Gasteiger partial charge in [0.25, 0.3) is 0 Å². The molecule has 0 spiro atoms. The standard InChI is InChI=1S/C13H19ClN2O2S/c1-10(15)11-5-4-8-16(9-11)19(17,18)13-7-3-2-6-12(13)14/h2-3,6-7,10-11H,4-5,8-9,15H2,1H3. The zero-order valence-electron chi connectivity index (χ0n) is 10.9. The molecule has 2 atom stereocenters. The summed E-state index contributed by atoms with van der Waals surface area (Å²) < 4.78 is 26.7. The van der Waals surface area contributed by atoms with Crippen LogP contribution >= 0.6 is 11.6 Å². The van der Waals surface area contributed by atoms with E-state index in [0.29, 0.717) is 13.1 Å². The monoisotopic (exact) mass is 302 g/mol.